The number of amides is 3. The van der Waals surface area contributed by atoms with Crippen molar-refractivity contribution in [2.24, 2.45) is 23.7 Å². The minimum Gasteiger partial charge on any atom is -0.300 e. The molecule has 1 aromatic heterocycles. The van der Waals surface area contributed by atoms with Gasteiger partial charge >= 0.3 is 0 Å². The van der Waals surface area contributed by atoms with Gasteiger partial charge in [-0.2, -0.15) is 0 Å². The summed E-state index contributed by atoms with van der Waals surface area (Å²) in [5, 5.41) is 11.9. The fourth-order valence-electron chi connectivity index (χ4n) is 4.20. The topological polar surface area (TPSA) is 92.3 Å². The van der Waals surface area contributed by atoms with Crippen molar-refractivity contribution >= 4 is 34.2 Å². The largest absolute Gasteiger partial charge is 0.300 e. The van der Waals surface area contributed by atoms with Gasteiger partial charge in [0, 0.05) is 13.0 Å². The van der Waals surface area contributed by atoms with Gasteiger partial charge in [-0.1, -0.05) is 30.4 Å². The van der Waals surface area contributed by atoms with E-state index in [1.54, 1.807) is 0 Å². The molecule has 7 nitrogen and oxygen atoms in total. The van der Waals surface area contributed by atoms with Crippen LogP contribution in [0, 0.1) is 23.7 Å². The number of fused-ring (bicyclic) bond motifs is 1. The number of hydrogen-bond acceptors (Lipinski definition) is 6. The number of nitrogens with zero attached hydrogens (tertiary/aromatic N) is 3. The molecule has 0 aromatic carbocycles. The summed E-state index contributed by atoms with van der Waals surface area (Å²) in [4.78, 5) is 38.7. The molecule has 1 aliphatic heterocycles. The molecule has 3 amide bonds. The first-order chi connectivity index (χ1) is 12.1. The lowest BCUT2D eigenvalue weighted by atomic mass is 9.63. The van der Waals surface area contributed by atoms with Crippen LogP contribution in [0.15, 0.2) is 12.2 Å². The molecule has 4 aliphatic rings. The molecule has 0 radical (unpaired) electrons. The molecule has 2 bridgehead atoms. The summed E-state index contributed by atoms with van der Waals surface area (Å²) in [7, 11) is 0. The van der Waals surface area contributed by atoms with E-state index in [9.17, 15) is 14.4 Å². The first-order valence-corrected chi connectivity index (χ1v) is 9.56. The van der Waals surface area contributed by atoms with E-state index in [2.05, 4.69) is 27.7 Å². The summed E-state index contributed by atoms with van der Waals surface area (Å²) < 4.78 is 0. The number of aryl methyl sites for hydroxylation is 1. The molecule has 5 rings (SSSR count). The van der Waals surface area contributed by atoms with Crippen LogP contribution in [0.2, 0.25) is 0 Å². The van der Waals surface area contributed by atoms with Crippen LogP contribution in [0.25, 0.3) is 0 Å². The van der Waals surface area contributed by atoms with E-state index in [0.717, 1.165) is 24.3 Å². The van der Waals surface area contributed by atoms with Crippen molar-refractivity contribution in [2.45, 2.75) is 32.6 Å². The lowest BCUT2D eigenvalue weighted by Crippen LogP contribution is -2.38. The van der Waals surface area contributed by atoms with Gasteiger partial charge in [0.2, 0.25) is 22.9 Å². The molecule has 1 saturated heterocycles. The van der Waals surface area contributed by atoms with Crippen LogP contribution in [0.3, 0.4) is 0 Å². The number of allylic oxidation sites excluding steroid dienone is 2. The van der Waals surface area contributed by atoms with Crippen molar-refractivity contribution in [3.8, 4) is 0 Å². The van der Waals surface area contributed by atoms with Crippen LogP contribution in [-0.4, -0.2) is 39.4 Å². The van der Waals surface area contributed by atoms with E-state index in [-0.39, 0.29) is 54.4 Å². The maximum Gasteiger partial charge on any atom is 0.233 e. The Hall–Kier alpha value is -2.09. The SMILES string of the molecule is CCc1nnc(NC(=O)CCN2C(=O)[C@@H]3[C@H](C2=O)[C@H]2C=C[C@H]3CC2)s1. The van der Waals surface area contributed by atoms with E-state index in [1.165, 1.54) is 16.2 Å². The monoisotopic (exact) mass is 360 g/mol. The zero-order chi connectivity index (χ0) is 17.6. The second kappa shape index (κ2) is 6.33. The first-order valence-electron chi connectivity index (χ1n) is 8.74. The van der Waals surface area contributed by atoms with Crippen molar-refractivity contribution in [2.75, 3.05) is 11.9 Å². The summed E-state index contributed by atoms with van der Waals surface area (Å²) in [6.07, 6.45) is 7.00. The number of aromatic nitrogens is 2. The lowest BCUT2D eigenvalue weighted by molar-refractivity contribution is -0.140. The summed E-state index contributed by atoms with van der Waals surface area (Å²) in [6, 6.07) is 0. The van der Waals surface area contributed by atoms with Gasteiger partial charge in [-0.25, -0.2) is 0 Å². The van der Waals surface area contributed by atoms with Crippen LogP contribution in [0.5, 0.6) is 0 Å². The quantitative estimate of drug-likeness (QED) is 0.636. The fraction of sp³-hybridized carbons (Fsp3) is 0.588. The Morgan fingerprint density at radius 1 is 1.20 bits per heavy atom. The Morgan fingerprint density at radius 2 is 1.84 bits per heavy atom. The van der Waals surface area contributed by atoms with Crippen LogP contribution < -0.4 is 5.32 Å². The molecule has 0 spiro atoms. The Balaban J connectivity index is 1.37. The number of likely N-dealkylation sites (tertiary alicyclic amines) is 1. The summed E-state index contributed by atoms with van der Waals surface area (Å²) in [6.45, 7) is 2.10. The van der Waals surface area contributed by atoms with Gasteiger partial charge in [0.1, 0.15) is 5.01 Å². The second-order valence-electron chi connectivity index (χ2n) is 6.82. The summed E-state index contributed by atoms with van der Waals surface area (Å²) >= 11 is 1.34. The van der Waals surface area contributed by atoms with E-state index < -0.39 is 0 Å². The van der Waals surface area contributed by atoms with Crippen molar-refractivity contribution in [1.29, 1.82) is 0 Å². The Kier molecular flexibility index (Phi) is 4.15. The highest BCUT2D eigenvalue weighted by atomic mass is 32.1. The lowest BCUT2D eigenvalue weighted by Gasteiger charge is -2.38. The van der Waals surface area contributed by atoms with Gasteiger partial charge in [-0.05, 0) is 31.1 Å². The standard InChI is InChI=1S/C17H20N4O3S/c1-2-12-19-20-17(25-12)18-11(22)7-8-21-15(23)13-9-3-4-10(6-5-9)14(13)16(21)24/h3-4,9-10,13-14H,2,5-8H2,1H3,(H,18,20,22)/t9-,10-,13-,14+/m0/s1. The molecule has 2 fully saturated rings. The maximum atomic E-state index is 12.7. The van der Waals surface area contributed by atoms with Gasteiger partial charge in [0.05, 0.1) is 11.8 Å². The molecular formula is C17H20N4O3S. The smallest absolute Gasteiger partial charge is 0.233 e. The predicted molar refractivity (Wildman–Crippen MR) is 91.6 cm³/mol. The third kappa shape index (κ3) is 2.78. The predicted octanol–water partition coefficient (Wildman–Crippen LogP) is 1.63. The van der Waals surface area contributed by atoms with E-state index in [4.69, 9.17) is 0 Å². The number of imide groups is 1. The Bertz CT molecular complexity index is 727. The molecule has 25 heavy (non-hydrogen) atoms. The maximum absolute atomic E-state index is 12.7. The summed E-state index contributed by atoms with van der Waals surface area (Å²) in [5.41, 5.74) is 0. The van der Waals surface area contributed by atoms with Gasteiger partial charge in [-0.15, -0.1) is 10.2 Å². The van der Waals surface area contributed by atoms with Crippen LogP contribution in [-0.2, 0) is 20.8 Å². The van der Waals surface area contributed by atoms with Gasteiger partial charge in [0.25, 0.3) is 0 Å². The molecule has 1 N–H and O–H groups in total. The average Bonchev–Trinajstić information content (AvgIpc) is 3.18. The molecule has 3 aliphatic carbocycles. The van der Waals surface area contributed by atoms with Crippen LogP contribution in [0.1, 0.15) is 31.2 Å². The number of nitrogens with one attached hydrogen (secondary N) is 1. The Labute approximate surface area is 149 Å². The van der Waals surface area contributed by atoms with Gasteiger partial charge in [-0.3, -0.25) is 19.3 Å². The highest BCUT2D eigenvalue weighted by molar-refractivity contribution is 7.15. The Morgan fingerprint density at radius 3 is 2.36 bits per heavy atom. The van der Waals surface area contributed by atoms with E-state index in [0.29, 0.717) is 5.13 Å². The van der Waals surface area contributed by atoms with Crippen molar-refractivity contribution in [3.05, 3.63) is 17.2 Å². The molecular weight excluding hydrogens is 340 g/mol. The average molecular weight is 360 g/mol. The number of rotatable bonds is 5. The second-order valence-corrected chi connectivity index (χ2v) is 7.88. The third-order valence-electron chi connectivity index (χ3n) is 5.43. The normalized spacial score (nSPS) is 30.0. The molecule has 4 atom stereocenters. The number of anilines is 1. The number of hydrogen-bond donors (Lipinski definition) is 1. The highest BCUT2D eigenvalue weighted by Crippen LogP contribution is 2.49. The first kappa shape index (κ1) is 16.4. The zero-order valence-electron chi connectivity index (χ0n) is 14.0. The molecule has 8 heteroatoms. The minimum absolute atomic E-state index is 0.0840. The van der Waals surface area contributed by atoms with Crippen LogP contribution in [0.4, 0.5) is 5.13 Å². The minimum atomic E-state index is -0.254. The number of carbonyl (C=O) groups excluding carboxylic acids is 3. The summed E-state index contributed by atoms with van der Waals surface area (Å²) in [5.74, 6) is -0.533. The van der Waals surface area contributed by atoms with Crippen molar-refractivity contribution in [3.63, 3.8) is 0 Å². The fourth-order valence-corrected chi connectivity index (χ4v) is 4.89. The van der Waals surface area contributed by atoms with Crippen molar-refractivity contribution in [1.82, 2.24) is 15.1 Å². The van der Waals surface area contributed by atoms with Gasteiger partial charge < -0.3 is 5.32 Å². The van der Waals surface area contributed by atoms with Crippen LogP contribution >= 0.6 is 11.3 Å². The molecule has 2 heterocycles. The molecule has 0 unspecified atom stereocenters. The van der Waals surface area contributed by atoms with E-state index >= 15 is 0 Å². The highest BCUT2D eigenvalue weighted by Gasteiger charge is 2.56. The molecule has 132 valence electrons. The molecule has 1 saturated carbocycles. The van der Waals surface area contributed by atoms with E-state index in [1.807, 2.05) is 6.92 Å². The van der Waals surface area contributed by atoms with Crippen molar-refractivity contribution < 1.29 is 14.4 Å². The third-order valence-corrected chi connectivity index (χ3v) is 6.41. The number of carbonyl (C=O) groups is 3. The zero-order valence-corrected chi connectivity index (χ0v) is 14.8. The molecule has 1 aromatic rings. The van der Waals surface area contributed by atoms with Gasteiger partial charge in [0.15, 0.2) is 0 Å².